The van der Waals surface area contributed by atoms with Crippen molar-refractivity contribution in [2.24, 2.45) is 0 Å². The first-order chi connectivity index (χ1) is 12.5. The molecular formula is C21H25N3O2. The van der Waals surface area contributed by atoms with Crippen LogP contribution in [0.25, 0.3) is 10.9 Å². The van der Waals surface area contributed by atoms with Gasteiger partial charge in [-0.3, -0.25) is 4.79 Å². The van der Waals surface area contributed by atoms with Crippen molar-refractivity contribution >= 4 is 16.8 Å². The van der Waals surface area contributed by atoms with Crippen molar-refractivity contribution < 1.29 is 9.90 Å². The second-order valence-electron chi connectivity index (χ2n) is 8.04. The lowest BCUT2D eigenvalue weighted by atomic mass is 9.66. The van der Waals surface area contributed by atoms with Crippen LogP contribution in [0.1, 0.15) is 63.0 Å². The summed E-state index contributed by atoms with van der Waals surface area (Å²) in [6.07, 6.45) is 5.37. The minimum atomic E-state index is -0.535. The molecule has 26 heavy (non-hydrogen) atoms. The molecular weight excluding hydrogens is 326 g/mol. The Kier molecular flexibility index (Phi) is 4.04. The van der Waals surface area contributed by atoms with Gasteiger partial charge >= 0.3 is 0 Å². The number of fused-ring (bicyclic) bond motifs is 3. The Morgan fingerprint density at radius 3 is 2.92 bits per heavy atom. The van der Waals surface area contributed by atoms with Gasteiger partial charge in [0.15, 0.2) is 0 Å². The van der Waals surface area contributed by atoms with Crippen molar-refractivity contribution in [1.29, 1.82) is 5.26 Å². The topological polar surface area (TPSA) is 80.1 Å². The molecule has 3 fully saturated rings. The van der Waals surface area contributed by atoms with Gasteiger partial charge in [0.25, 0.3) is 0 Å². The van der Waals surface area contributed by atoms with Gasteiger partial charge in [0.2, 0.25) is 5.91 Å². The number of nitrogens with one attached hydrogen (secondary N) is 1. The molecule has 0 spiro atoms. The molecule has 2 aromatic rings. The predicted octanol–water partition coefficient (Wildman–Crippen LogP) is 3.44. The van der Waals surface area contributed by atoms with E-state index in [-0.39, 0.29) is 23.9 Å². The molecule has 2 aliphatic heterocycles. The molecule has 1 aliphatic carbocycles. The number of carbonyl (C=O) groups excluding carboxylic acids is 1. The van der Waals surface area contributed by atoms with Crippen molar-refractivity contribution in [2.75, 3.05) is 0 Å². The Labute approximate surface area is 153 Å². The van der Waals surface area contributed by atoms with Gasteiger partial charge in [-0.25, -0.2) is 0 Å². The highest BCUT2D eigenvalue weighted by Crippen LogP contribution is 2.47. The maximum absolute atomic E-state index is 13.1. The van der Waals surface area contributed by atoms with Crippen molar-refractivity contribution in [2.45, 2.75) is 69.6 Å². The van der Waals surface area contributed by atoms with Crippen molar-refractivity contribution in [3.8, 4) is 6.07 Å². The fourth-order valence-electron chi connectivity index (χ4n) is 4.93. The lowest BCUT2D eigenvalue weighted by Crippen LogP contribution is -2.67. The van der Waals surface area contributed by atoms with Crippen molar-refractivity contribution in [3.05, 3.63) is 35.5 Å². The summed E-state index contributed by atoms with van der Waals surface area (Å²) in [4.78, 5) is 18.3. The number of hydrogen-bond donors (Lipinski definition) is 2. The summed E-state index contributed by atoms with van der Waals surface area (Å²) < 4.78 is 0. The number of nitrogens with zero attached hydrogens (tertiary/aromatic N) is 2. The molecule has 2 N–H and O–H groups in total. The van der Waals surface area contributed by atoms with E-state index in [9.17, 15) is 15.2 Å². The Hall–Kier alpha value is -2.32. The summed E-state index contributed by atoms with van der Waals surface area (Å²) in [5, 5.41) is 20.7. The van der Waals surface area contributed by atoms with E-state index in [1.54, 1.807) is 0 Å². The highest BCUT2D eigenvalue weighted by atomic mass is 16.3. The highest BCUT2D eigenvalue weighted by molar-refractivity contribution is 5.90. The third-order valence-corrected chi connectivity index (χ3v) is 6.26. The quantitative estimate of drug-likeness (QED) is 0.885. The Balaban J connectivity index is 1.56. The first-order valence-electron chi connectivity index (χ1n) is 9.49. The number of nitriles is 1. The summed E-state index contributed by atoms with van der Waals surface area (Å²) in [6, 6.07) is 8.24. The zero-order valence-electron chi connectivity index (χ0n) is 15.3. The van der Waals surface area contributed by atoms with Crippen LogP contribution in [0.5, 0.6) is 0 Å². The number of carbonyl (C=O) groups is 1. The van der Waals surface area contributed by atoms with E-state index in [0.717, 1.165) is 35.7 Å². The average molecular weight is 351 g/mol. The summed E-state index contributed by atoms with van der Waals surface area (Å²) in [5.41, 5.74) is 2.07. The molecule has 5 nitrogen and oxygen atoms in total. The third kappa shape index (κ3) is 2.60. The summed E-state index contributed by atoms with van der Waals surface area (Å²) in [7, 11) is 0. The van der Waals surface area contributed by atoms with E-state index >= 15 is 0 Å². The number of hydrogen-bond acceptors (Lipinski definition) is 3. The lowest BCUT2D eigenvalue weighted by molar-refractivity contribution is -0.178. The van der Waals surface area contributed by atoms with Crippen LogP contribution >= 0.6 is 0 Å². The van der Waals surface area contributed by atoms with E-state index in [1.165, 1.54) is 0 Å². The number of amides is 1. The lowest BCUT2D eigenvalue weighted by Gasteiger charge is -2.58. The normalized spacial score (nSPS) is 28.5. The van der Waals surface area contributed by atoms with Gasteiger partial charge in [-0.05, 0) is 49.3 Å². The maximum Gasteiger partial charge on any atom is 0.223 e. The number of piperidine rings is 2. The molecule has 2 saturated heterocycles. The number of aromatic nitrogens is 1. The van der Waals surface area contributed by atoms with E-state index in [4.69, 9.17) is 0 Å². The van der Waals surface area contributed by atoms with Crippen LogP contribution in [-0.2, 0) is 4.79 Å². The van der Waals surface area contributed by atoms with E-state index < -0.39 is 5.60 Å². The fourth-order valence-corrected chi connectivity index (χ4v) is 4.93. The molecule has 1 saturated carbocycles. The number of H-pyrrole nitrogens is 1. The van der Waals surface area contributed by atoms with Gasteiger partial charge in [0.05, 0.1) is 17.2 Å². The zero-order valence-corrected chi connectivity index (χ0v) is 15.3. The molecule has 0 radical (unpaired) electrons. The minimum absolute atomic E-state index is 0.0316. The van der Waals surface area contributed by atoms with E-state index in [2.05, 4.69) is 24.9 Å². The number of aliphatic hydroxyl groups is 1. The van der Waals surface area contributed by atoms with E-state index in [0.29, 0.717) is 18.4 Å². The van der Waals surface area contributed by atoms with Crippen molar-refractivity contribution in [3.63, 3.8) is 0 Å². The van der Waals surface area contributed by atoms with Crippen LogP contribution in [0.3, 0.4) is 0 Å². The van der Waals surface area contributed by atoms with Crippen LogP contribution < -0.4 is 0 Å². The molecule has 5 rings (SSSR count). The third-order valence-electron chi connectivity index (χ3n) is 6.26. The van der Waals surface area contributed by atoms with Crippen LogP contribution in [-0.4, -0.2) is 38.6 Å². The molecule has 1 aromatic heterocycles. The molecule has 2 unspecified atom stereocenters. The first-order valence-corrected chi connectivity index (χ1v) is 9.49. The summed E-state index contributed by atoms with van der Waals surface area (Å²) >= 11 is 0. The summed E-state index contributed by atoms with van der Waals surface area (Å²) in [5.74, 6) is 0.198. The SMILES string of the molecule is CCC1CC2(O)CC(C2)N1C(=O)CC(C)c1c[nH]c2cccc(C#N)c12. The van der Waals surface area contributed by atoms with Crippen molar-refractivity contribution in [1.82, 2.24) is 9.88 Å². The summed E-state index contributed by atoms with van der Waals surface area (Å²) in [6.45, 7) is 4.14. The van der Waals surface area contributed by atoms with Gasteiger partial charge in [0.1, 0.15) is 0 Å². The second kappa shape index (κ2) is 6.14. The second-order valence-corrected chi connectivity index (χ2v) is 8.04. The Morgan fingerprint density at radius 1 is 1.46 bits per heavy atom. The van der Waals surface area contributed by atoms with Gasteiger partial charge < -0.3 is 15.0 Å². The molecule has 2 atom stereocenters. The zero-order chi connectivity index (χ0) is 18.5. The van der Waals surface area contributed by atoms with Gasteiger partial charge in [0, 0.05) is 35.6 Å². The van der Waals surface area contributed by atoms with Crippen LogP contribution in [0, 0.1) is 11.3 Å². The number of aromatic amines is 1. The average Bonchev–Trinajstić information content (AvgIpc) is 3.04. The Bertz CT molecular complexity index is 888. The van der Waals surface area contributed by atoms with Gasteiger partial charge in [-0.2, -0.15) is 5.26 Å². The highest BCUT2D eigenvalue weighted by Gasteiger charge is 2.54. The van der Waals surface area contributed by atoms with E-state index in [1.807, 2.05) is 29.3 Å². The molecule has 1 amide bonds. The fraction of sp³-hybridized carbons (Fsp3) is 0.524. The smallest absolute Gasteiger partial charge is 0.223 e. The standard InChI is InChI=1S/C21H25N3O2/c1-3-15-8-21(26)9-16(10-21)24(15)19(25)7-13(2)17-12-23-18-6-4-5-14(11-22)20(17)18/h4-6,12-13,15-16,23,26H,3,7-10H2,1-2H3. The van der Waals surface area contributed by atoms with Crippen LogP contribution in [0.15, 0.2) is 24.4 Å². The molecule has 2 bridgehead atoms. The minimum Gasteiger partial charge on any atom is -0.390 e. The van der Waals surface area contributed by atoms with Gasteiger partial charge in [-0.1, -0.05) is 19.9 Å². The monoisotopic (exact) mass is 351 g/mol. The van der Waals surface area contributed by atoms with Crippen LogP contribution in [0.4, 0.5) is 0 Å². The maximum atomic E-state index is 13.1. The molecule has 3 heterocycles. The number of rotatable bonds is 4. The molecule has 136 valence electrons. The largest absolute Gasteiger partial charge is 0.390 e. The number of benzene rings is 1. The first kappa shape index (κ1) is 17.1. The Morgan fingerprint density at radius 2 is 2.23 bits per heavy atom. The molecule has 3 aliphatic rings. The molecule has 1 aromatic carbocycles. The van der Waals surface area contributed by atoms with Crippen LogP contribution in [0.2, 0.25) is 0 Å². The predicted molar refractivity (Wildman–Crippen MR) is 99.6 cm³/mol. The van der Waals surface area contributed by atoms with Gasteiger partial charge in [-0.15, -0.1) is 0 Å². The molecule has 5 heteroatoms.